The van der Waals surface area contributed by atoms with Crippen molar-refractivity contribution in [1.82, 2.24) is 4.31 Å². The van der Waals surface area contributed by atoms with Crippen molar-refractivity contribution in [3.05, 3.63) is 89.5 Å². The minimum absolute atomic E-state index is 0.0863. The van der Waals surface area contributed by atoms with E-state index in [0.717, 1.165) is 16.7 Å². The first-order valence-corrected chi connectivity index (χ1v) is 11.0. The number of hydrogen-bond donors (Lipinski definition) is 2. The maximum absolute atomic E-state index is 13.4. The Morgan fingerprint density at radius 3 is 2.27 bits per heavy atom. The maximum Gasteiger partial charge on any atom is 0.244 e. The number of sulfonamides is 1. The number of nitrogens with one attached hydrogen (secondary N) is 1. The van der Waals surface area contributed by atoms with Crippen molar-refractivity contribution in [1.29, 1.82) is 0 Å². The SMILES string of the molecule is Cc1ccc(S(=O)(=O)N2Cc3ccccc3C[C@@H]2C(=O)Nc2ccc(O)cc2)cc1. The van der Waals surface area contributed by atoms with Crippen LogP contribution < -0.4 is 5.32 Å². The average Bonchev–Trinajstić information content (AvgIpc) is 2.74. The molecule has 1 aliphatic heterocycles. The number of aryl methyl sites for hydroxylation is 1. The predicted molar refractivity (Wildman–Crippen MR) is 115 cm³/mol. The Balaban J connectivity index is 1.70. The lowest BCUT2D eigenvalue weighted by Gasteiger charge is -2.35. The molecule has 1 heterocycles. The zero-order valence-electron chi connectivity index (χ0n) is 16.4. The Hall–Kier alpha value is -3.16. The Labute approximate surface area is 175 Å². The molecule has 6 nitrogen and oxygen atoms in total. The number of nitrogens with zero attached hydrogens (tertiary/aromatic N) is 1. The minimum Gasteiger partial charge on any atom is -0.508 e. The van der Waals surface area contributed by atoms with E-state index in [-0.39, 0.29) is 23.6 Å². The van der Waals surface area contributed by atoms with Gasteiger partial charge in [0.1, 0.15) is 11.8 Å². The predicted octanol–water partition coefficient (Wildman–Crippen LogP) is 3.45. The monoisotopic (exact) mass is 422 g/mol. The topological polar surface area (TPSA) is 86.7 Å². The molecule has 0 aromatic heterocycles. The fourth-order valence-corrected chi connectivity index (χ4v) is 5.16. The molecule has 4 rings (SSSR count). The van der Waals surface area contributed by atoms with Gasteiger partial charge in [-0.25, -0.2) is 8.42 Å². The normalized spacial score (nSPS) is 16.6. The lowest BCUT2D eigenvalue weighted by atomic mass is 9.95. The fraction of sp³-hybridized carbons (Fsp3) is 0.174. The number of phenolic OH excluding ortho intramolecular Hbond substituents is 1. The molecule has 3 aromatic rings. The second kappa shape index (κ2) is 7.93. The number of amides is 1. The molecule has 0 radical (unpaired) electrons. The zero-order valence-corrected chi connectivity index (χ0v) is 17.3. The average molecular weight is 423 g/mol. The number of benzene rings is 3. The summed E-state index contributed by atoms with van der Waals surface area (Å²) in [5.41, 5.74) is 3.30. The molecular formula is C23H22N2O4S. The quantitative estimate of drug-likeness (QED) is 0.631. The molecule has 1 amide bonds. The molecule has 0 unspecified atom stereocenters. The van der Waals surface area contributed by atoms with Crippen molar-refractivity contribution >= 4 is 21.6 Å². The van der Waals surface area contributed by atoms with Gasteiger partial charge in [-0.1, -0.05) is 42.0 Å². The summed E-state index contributed by atoms with van der Waals surface area (Å²) in [6.45, 7) is 2.02. The van der Waals surface area contributed by atoms with Crippen LogP contribution >= 0.6 is 0 Å². The van der Waals surface area contributed by atoms with Gasteiger partial charge in [-0.05, 0) is 60.9 Å². The Morgan fingerprint density at radius 2 is 1.60 bits per heavy atom. The third kappa shape index (κ3) is 3.94. The molecule has 0 saturated carbocycles. The van der Waals surface area contributed by atoms with E-state index >= 15 is 0 Å². The highest BCUT2D eigenvalue weighted by atomic mass is 32.2. The zero-order chi connectivity index (χ0) is 21.3. The third-order valence-electron chi connectivity index (χ3n) is 5.27. The van der Waals surface area contributed by atoms with Crippen molar-refractivity contribution in [2.24, 2.45) is 0 Å². The van der Waals surface area contributed by atoms with E-state index in [1.165, 1.54) is 16.4 Å². The summed E-state index contributed by atoms with van der Waals surface area (Å²) in [7, 11) is -3.88. The summed E-state index contributed by atoms with van der Waals surface area (Å²) in [5, 5.41) is 12.2. The molecule has 3 aromatic carbocycles. The second-order valence-corrected chi connectivity index (χ2v) is 9.28. The van der Waals surface area contributed by atoms with Gasteiger partial charge in [0, 0.05) is 12.2 Å². The molecule has 1 aliphatic rings. The lowest BCUT2D eigenvalue weighted by Crippen LogP contribution is -2.50. The summed E-state index contributed by atoms with van der Waals surface area (Å²) >= 11 is 0. The molecule has 0 aliphatic carbocycles. The van der Waals surface area contributed by atoms with Crippen molar-refractivity contribution in [3.63, 3.8) is 0 Å². The highest BCUT2D eigenvalue weighted by Crippen LogP contribution is 2.30. The molecular weight excluding hydrogens is 400 g/mol. The van der Waals surface area contributed by atoms with Gasteiger partial charge in [-0.3, -0.25) is 4.79 Å². The van der Waals surface area contributed by atoms with Gasteiger partial charge in [-0.15, -0.1) is 0 Å². The summed E-state index contributed by atoms with van der Waals surface area (Å²) in [6.07, 6.45) is 0.283. The van der Waals surface area contributed by atoms with Gasteiger partial charge in [0.15, 0.2) is 0 Å². The lowest BCUT2D eigenvalue weighted by molar-refractivity contribution is -0.120. The van der Waals surface area contributed by atoms with Crippen molar-refractivity contribution < 1.29 is 18.3 Å². The van der Waals surface area contributed by atoms with Crippen LogP contribution in [0.1, 0.15) is 16.7 Å². The summed E-state index contributed by atoms with van der Waals surface area (Å²) in [6, 6.07) is 19.4. The summed E-state index contributed by atoms with van der Waals surface area (Å²) in [4.78, 5) is 13.3. The molecule has 30 heavy (non-hydrogen) atoms. The first-order chi connectivity index (χ1) is 14.3. The number of carbonyl (C=O) groups is 1. The van der Waals surface area contributed by atoms with E-state index in [1.54, 1.807) is 36.4 Å². The maximum atomic E-state index is 13.4. The molecule has 0 spiro atoms. The van der Waals surface area contributed by atoms with Crippen LogP contribution in [-0.2, 0) is 27.8 Å². The van der Waals surface area contributed by atoms with Gasteiger partial charge in [0.2, 0.25) is 15.9 Å². The summed E-state index contributed by atoms with van der Waals surface area (Å²) < 4.78 is 28.1. The van der Waals surface area contributed by atoms with Gasteiger partial charge in [0.25, 0.3) is 0 Å². The number of rotatable bonds is 4. The second-order valence-electron chi connectivity index (χ2n) is 7.39. The van der Waals surface area contributed by atoms with Crippen LogP contribution in [0.25, 0.3) is 0 Å². The van der Waals surface area contributed by atoms with Crippen LogP contribution in [0.5, 0.6) is 5.75 Å². The molecule has 0 bridgehead atoms. The van der Waals surface area contributed by atoms with Crippen LogP contribution in [-0.4, -0.2) is 29.8 Å². The number of carbonyl (C=O) groups excluding carboxylic acids is 1. The smallest absolute Gasteiger partial charge is 0.244 e. The van der Waals surface area contributed by atoms with E-state index < -0.39 is 22.0 Å². The van der Waals surface area contributed by atoms with Crippen LogP contribution in [0, 0.1) is 6.92 Å². The van der Waals surface area contributed by atoms with Gasteiger partial charge in [0.05, 0.1) is 4.90 Å². The number of hydrogen-bond acceptors (Lipinski definition) is 4. The number of aromatic hydroxyl groups is 1. The van der Waals surface area contributed by atoms with Gasteiger partial charge in [-0.2, -0.15) is 4.31 Å². The van der Waals surface area contributed by atoms with Crippen LogP contribution in [0.2, 0.25) is 0 Å². The minimum atomic E-state index is -3.88. The Bertz CT molecular complexity index is 1170. The van der Waals surface area contributed by atoms with E-state index in [1.807, 2.05) is 31.2 Å². The van der Waals surface area contributed by atoms with Crippen LogP contribution in [0.4, 0.5) is 5.69 Å². The van der Waals surface area contributed by atoms with E-state index in [4.69, 9.17) is 0 Å². The number of fused-ring (bicyclic) bond motifs is 1. The Kier molecular flexibility index (Phi) is 5.32. The van der Waals surface area contributed by atoms with Crippen molar-refractivity contribution in [3.8, 4) is 5.75 Å². The first-order valence-electron chi connectivity index (χ1n) is 9.60. The van der Waals surface area contributed by atoms with E-state index in [9.17, 15) is 18.3 Å². The molecule has 1 atom stereocenters. The van der Waals surface area contributed by atoms with Gasteiger partial charge >= 0.3 is 0 Å². The third-order valence-corrected chi connectivity index (χ3v) is 7.14. The number of phenols is 1. The Morgan fingerprint density at radius 1 is 0.967 bits per heavy atom. The van der Waals surface area contributed by atoms with Crippen molar-refractivity contribution in [2.75, 3.05) is 5.32 Å². The van der Waals surface area contributed by atoms with Gasteiger partial charge < -0.3 is 10.4 Å². The highest BCUT2D eigenvalue weighted by Gasteiger charge is 2.39. The van der Waals surface area contributed by atoms with E-state index in [2.05, 4.69) is 5.32 Å². The largest absolute Gasteiger partial charge is 0.508 e. The molecule has 154 valence electrons. The highest BCUT2D eigenvalue weighted by molar-refractivity contribution is 7.89. The van der Waals surface area contributed by atoms with Crippen LogP contribution in [0.15, 0.2) is 77.7 Å². The van der Waals surface area contributed by atoms with Crippen molar-refractivity contribution in [2.45, 2.75) is 30.8 Å². The summed E-state index contributed by atoms with van der Waals surface area (Å²) in [5.74, 6) is -0.325. The van der Waals surface area contributed by atoms with Crippen LogP contribution in [0.3, 0.4) is 0 Å². The van der Waals surface area contributed by atoms with E-state index in [0.29, 0.717) is 5.69 Å². The molecule has 7 heteroatoms. The molecule has 0 saturated heterocycles. The first kappa shape index (κ1) is 20.1. The molecule has 2 N–H and O–H groups in total. The fourth-order valence-electron chi connectivity index (χ4n) is 3.59. The molecule has 0 fully saturated rings. The number of anilines is 1. The standard InChI is InChI=1S/C23H22N2O4S/c1-16-6-12-21(13-7-16)30(28,29)25-15-18-5-3-2-4-17(18)14-22(25)23(27)24-19-8-10-20(26)11-9-19/h2-13,22,26H,14-15H2,1H3,(H,24,27)/t22-/m1/s1.